The van der Waals surface area contributed by atoms with E-state index in [1.807, 2.05) is 48.6 Å². The van der Waals surface area contributed by atoms with Gasteiger partial charge in [0.25, 0.3) is 0 Å². The smallest absolute Gasteiger partial charge is 0.142 e. The summed E-state index contributed by atoms with van der Waals surface area (Å²) < 4.78 is 5.91. The van der Waals surface area contributed by atoms with Gasteiger partial charge in [0.15, 0.2) is 0 Å². The van der Waals surface area contributed by atoms with E-state index < -0.39 is 0 Å². The Morgan fingerprint density at radius 2 is 2.04 bits per heavy atom. The molecule has 4 heteroatoms. The average Bonchev–Trinajstić information content (AvgIpc) is 2.60. The van der Waals surface area contributed by atoms with Crippen molar-refractivity contribution in [1.82, 2.24) is 4.98 Å². The molecule has 0 bridgehead atoms. The minimum Gasteiger partial charge on any atom is -0.482 e. The quantitative estimate of drug-likeness (QED) is 0.804. The SMILES string of the molecule is C=C1C=C(c2cnc(C)c(Cl)c2C#N)C=CC1Oc1ccccc1. The number of hydrogen-bond donors (Lipinski definition) is 0. The number of nitrogens with zero attached hydrogens (tertiary/aromatic N) is 2. The van der Waals surface area contributed by atoms with Gasteiger partial charge in [0.1, 0.15) is 17.9 Å². The largest absolute Gasteiger partial charge is 0.482 e. The number of halogens is 1. The van der Waals surface area contributed by atoms with Crippen molar-refractivity contribution in [1.29, 1.82) is 5.26 Å². The molecule has 0 fully saturated rings. The van der Waals surface area contributed by atoms with E-state index in [0.29, 0.717) is 21.8 Å². The highest BCUT2D eigenvalue weighted by Crippen LogP contribution is 2.31. The number of rotatable bonds is 3. The maximum atomic E-state index is 9.41. The molecule has 1 atom stereocenters. The number of pyridine rings is 1. The number of ether oxygens (including phenoxy) is 1. The molecule has 24 heavy (non-hydrogen) atoms. The van der Waals surface area contributed by atoms with Gasteiger partial charge < -0.3 is 4.74 Å². The van der Waals surface area contributed by atoms with Crippen LogP contribution in [-0.2, 0) is 0 Å². The van der Waals surface area contributed by atoms with Gasteiger partial charge in [-0.15, -0.1) is 0 Å². The molecule has 3 rings (SSSR count). The van der Waals surface area contributed by atoms with Gasteiger partial charge in [-0.3, -0.25) is 4.98 Å². The van der Waals surface area contributed by atoms with Crippen molar-refractivity contribution in [2.75, 3.05) is 0 Å². The molecule has 118 valence electrons. The molecule has 1 aliphatic carbocycles. The van der Waals surface area contributed by atoms with E-state index in [2.05, 4.69) is 17.6 Å². The summed E-state index contributed by atoms with van der Waals surface area (Å²) in [5, 5.41) is 9.79. The standard InChI is InChI=1S/C20H15ClN2O/c1-13-10-15(18-12-23-14(2)20(21)17(18)11-22)8-9-19(13)24-16-6-4-3-5-7-16/h3-10,12,19H,1H2,2H3. The minimum atomic E-state index is -0.240. The maximum absolute atomic E-state index is 9.41. The Kier molecular flexibility index (Phi) is 4.50. The normalized spacial score (nSPS) is 16.5. The molecule has 1 aromatic carbocycles. The van der Waals surface area contributed by atoms with Crippen LogP contribution in [0.2, 0.25) is 5.02 Å². The molecule has 0 saturated heterocycles. The molecule has 1 unspecified atom stereocenters. The zero-order valence-corrected chi connectivity index (χ0v) is 13.9. The average molecular weight is 335 g/mol. The third-order valence-electron chi connectivity index (χ3n) is 3.78. The van der Waals surface area contributed by atoms with E-state index in [1.54, 1.807) is 13.1 Å². The number of aromatic nitrogens is 1. The third-order valence-corrected chi connectivity index (χ3v) is 4.24. The van der Waals surface area contributed by atoms with E-state index in [0.717, 1.165) is 16.9 Å². The maximum Gasteiger partial charge on any atom is 0.142 e. The predicted octanol–water partition coefficient (Wildman–Crippen LogP) is 4.87. The van der Waals surface area contributed by atoms with Gasteiger partial charge in [-0.1, -0.05) is 42.5 Å². The van der Waals surface area contributed by atoms with Crippen molar-refractivity contribution in [3.63, 3.8) is 0 Å². The fraction of sp³-hybridized carbons (Fsp3) is 0.100. The lowest BCUT2D eigenvalue weighted by Crippen LogP contribution is -2.17. The van der Waals surface area contributed by atoms with Crippen molar-refractivity contribution in [2.45, 2.75) is 13.0 Å². The van der Waals surface area contributed by atoms with Crippen molar-refractivity contribution < 1.29 is 4.74 Å². The van der Waals surface area contributed by atoms with Gasteiger partial charge >= 0.3 is 0 Å². The van der Waals surface area contributed by atoms with E-state index in [-0.39, 0.29) is 6.10 Å². The number of para-hydroxylation sites is 1. The Balaban J connectivity index is 1.88. The monoisotopic (exact) mass is 334 g/mol. The lowest BCUT2D eigenvalue weighted by molar-refractivity contribution is 0.288. The van der Waals surface area contributed by atoms with Gasteiger partial charge in [-0.2, -0.15) is 5.26 Å². The van der Waals surface area contributed by atoms with Crippen LogP contribution in [0.3, 0.4) is 0 Å². The van der Waals surface area contributed by atoms with Crippen LogP contribution < -0.4 is 4.74 Å². The second kappa shape index (κ2) is 6.74. The lowest BCUT2D eigenvalue weighted by Gasteiger charge is -2.21. The summed E-state index contributed by atoms with van der Waals surface area (Å²) in [7, 11) is 0. The summed E-state index contributed by atoms with van der Waals surface area (Å²) in [6.45, 7) is 5.85. The van der Waals surface area contributed by atoms with Crippen LogP contribution in [0.4, 0.5) is 0 Å². The van der Waals surface area contributed by atoms with Crippen LogP contribution >= 0.6 is 11.6 Å². The number of benzene rings is 1. The van der Waals surface area contributed by atoms with Gasteiger partial charge in [0, 0.05) is 11.8 Å². The van der Waals surface area contributed by atoms with Crippen molar-refractivity contribution in [2.24, 2.45) is 0 Å². The summed E-state index contributed by atoms with van der Waals surface area (Å²) in [4.78, 5) is 4.26. The van der Waals surface area contributed by atoms with E-state index in [4.69, 9.17) is 16.3 Å². The number of nitriles is 1. The Bertz CT molecular complexity index is 892. The third kappa shape index (κ3) is 3.10. The van der Waals surface area contributed by atoms with Gasteiger partial charge in [0.2, 0.25) is 0 Å². The molecule has 1 aliphatic rings. The summed E-state index contributed by atoms with van der Waals surface area (Å²) in [6.07, 6.45) is 7.15. The minimum absolute atomic E-state index is 0.240. The highest BCUT2D eigenvalue weighted by atomic mass is 35.5. The summed E-state index contributed by atoms with van der Waals surface area (Å²) in [5.41, 5.74) is 3.41. The van der Waals surface area contributed by atoms with Crippen LogP contribution in [-0.4, -0.2) is 11.1 Å². The predicted molar refractivity (Wildman–Crippen MR) is 95.8 cm³/mol. The van der Waals surface area contributed by atoms with Crippen molar-refractivity contribution >= 4 is 17.2 Å². The molecule has 0 saturated carbocycles. The highest BCUT2D eigenvalue weighted by molar-refractivity contribution is 6.32. The molecular formula is C20H15ClN2O. The summed E-state index contributed by atoms with van der Waals surface area (Å²) in [6, 6.07) is 11.7. The Labute approximate surface area is 146 Å². The fourth-order valence-electron chi connectivity index (χ4n) is 2.48. The molecule has 1 aromatic heterocycles. The first-order valence-electron chi connectivity index (χ1n) is 7.46. The second-order valence-electron chi connectivity index (χ2n) is 5.44. The molecule has 0 aliphatic heterocycles. The second-order valence-corrected chi connectivity index (χ2v) is 5.82. The van der Waals surface area contributed by atoms with Crippen molar-refractivity contribution in [3.8, 4) is 11.8 Å². The highest BCUT2D eigenvalue weighted by Gasteiger charge is 2.19. The Morgan fingerprint density at radius 3 is 2.71 bits per heavy atom. The van der Waals surface area contributed by atoms with Crippen LogP contribution in [0, 0.1) is 18.3 Å². The van der Waals surface area contributed by atoms with E-state index in [9.17, 15) is 5.26 Å². The van der Waals surface area contributed by atoms with Crippen LogP contribution in [0.15, 0.2) is 66.9 Å². The number of allylic oxidation sites excluding steroid dienone is 2. The zero-order valence-electron chi connectivity index (χ0n) is 13.2. The fourth-order valence-corrected chi connectivity index (χ4v) is 2.68. The Morgan fingerprint density at radius 1 is 1.29 bits per heavy atom. The molecule has 0 amide bonds. The molecule has 0 spiro atoms. The number of hydrogen-bond acceptors (Lipinski definition) is 3. The Hall–Kier alpha value is -2.83. The summed E-state index contributed by atoms with van der Waals surface area (Å²) >= 11 is 6.21. The molecule has 2 aromatic rings. The van der Waals surface area contributed by atoms with Crippen LogP contribution in [0.5, 0.6) is 5.75 Å². The zero-order chi connectivity index (χ0) is 17.1. The first kappa shape index (κ1) is 16.0. The van der Waals surface area contributed by atoms with E-state index in [1.165, 1.54) is 0 Å². The van der Waals surface area contributed by atoms with E-state index >= 15 is 0 Å². The van der Waals surface area contributed by atoms with Gasteiger partial charge in [0.05, 0.1) is 16.3 Å². The molecule has 1 heterocycles. The first-order chi connectivity index (χ1) is 11.6. The summed E-state index contributed by atoms with van der Waals surface area (Å²) in [5.74, 6) is 0.780. The van der Waals surface area contributed by atoms with Gasteiger partial charge in [-0.25, -0.2) is 0 Å². The number of aryl methyl sites for hydroxylation is 1. The lowest BCUT2D eigenvalue weighted by atomic mass is 9.93. The molecule has 3 nitrogen and oxygen atoms in total. The first-order valence-corrected chi connectivity index (χ1v) is 7.84. The molecule has 0 radical (unpaired) electrons. The molecular weight excluding hydrogens is 320 g/mol. The molecule has 0 N–H and O–H groups in total. The van der Waals surface area contributed by atoms with Gasteiger partial charge in [-0.05, 0) is 42.4 Å². The topological polar surface area (TPSA) is 45.9 Å². The van der Waals surface area contributed by atoms with Crippen LogP contribution in [0.1, 0.15) is 16.8 Å². The van der Waals surface area contributed by atoms with Crippen LogP contribution in [0.25, 0.3) is 5.57 Å². The van der Waals surface area contributed by atoms with Crippen molar-refractivity contribution in [3.05, 3.63) is 88.8 Å².